The van der Waals surface area contributed by atoms with E-state index in [1.165, 1.54) is 6.07 Å². The van der Waals surface area contributed by atoms with Gasteiger partial charge in [0.25, 0.3) is 0 Å². The van der Waals surface area contributed by atoms with Crippen molar-refractivity contribution in [1.29, 1.82) is 0 Å². The van der Waals surface area contributed by atoms with Crippen molar-refractivity contribution < 1.29 is 13.2 Å². The molecule has 108 valence electrons. The summed E-state index contributed by atoms with van der Waals surface area (Å²) in [5.74, 6) is -2.05. The molecule has 1 heterocycles. The Kier molecular flexibility index (Phi) is 3.27. The highest BCUT2D eigenvalue weighted by Gasteiger charge is 2.17. The first-order chi connectivity index (χ1) is 9.95. The van der Waals surface area contributed by atoms with Crippen LogP contribution in [0, 0.1) is 11.6 Å². The molecule has 0 radical (unpaired) electrons. The number of oxazole rings is 1. The predicted molar refractivity (Wildman–Crippen MR) is 74.2 cm³/mol. The molecule has 0 spiro atoms. The zero-order valence-corrected chi connectivity index (χ0v) is 11.2. The molecule has 0 aliphatic carbocycles. The number of fused-ring (bicyclic) bond motifs is 1. The van der Waals surface area contributed by atoms with E-state index in [4.69, 9.17) is 21.8 Å². The van der Waals surface area contributed by atoms with Crippen LogP contribution in [0.1, 0.15) is 17.2 Å². The smallest absolute Gasteiger partial charge is 0.408 e. The van der Waals surface area contributed by atoms with Crippen LogP contribution in [0.5, 0.6) is 0 Å². The van der Waals surface area contributed by atoms with Crippen molar-refractivity contribution in [3.63, 3.8) is 0 Å². The fourth-order valence-corrected chi connectivity index (χ4v) is 2.26. The standard InChI is InChI=1S/C14H9ClF2N2O2/c15-8-5-9(16)7(4-10(8)17)13(18)6-1-2-11-12(3-6)21-14(20)19-11/h1-5,13H,18H2,(H,19,20). The molecule has 0 fully saturated rings. The molecule has 7 heteroatoms. The van der Waals surface area contributed by atoms with Crippen LogP contribution in [-0.2, 0) is 0 Å². The molecule has 1 atom stereocenters. The molecule has 0 saturated carbocycles. The van der Waals surface area contributed by atoms with Crippen molar-refractivity contribution in [2.75, 3.05) is 0 Å². The van der Waals surface area contributed by atoms with Gasteiger partial charge >= 0.3 is 5.76 Å². The Balaban J connectivity index is 2.09. The summed E-state index contributed by atoms with van der Waals surface area (Å²) in [4.78, 5) is 13.6. The van der Waals surface area contributed by atoms with Gasteiger partial charge in [0.1, 0.15) is 11.6 Å². The van der Waals surface area contributed by atoms with Crippen molar-refractivity contribution in [2.45, 2.75) is 6.04 Å². The number of benzene rings is 2. The minimum absolute atomic E-state index is 0.0332. The number of hydrogen-bond acceptors (Lipinski definition) is 3. The summed E-state index contributed by atoms with van der Waals surface area (Å²) in [6.45, 7) is 0. The highest BCUT2D eigenvalue weighted by molar-refractivity contribution is 6.30. The molecule has 3 aromatic rings. The first-order valence-corrected chi connectivity index (χ1v) is 6.36. The van der Waals surface area contributed by atoms with Crippen molar-refractivity contribution in [3.8, 4) is 0 Å². The molecular weight excluding hydrogens is 302 g/mol. The van der Waals surface area contributed by atoms with Crippen LogP contribution in [0.25, 0.3) is 11.1 Å². The van der Waals surface area contributed by atoms with Gasteiger partial charge in [0.05, 0.1) is 16.6 Å². The van der Waals surface area contributed by atoms with E-state index in [1.807, 2.05) is 0 Å². The van der Waals surface area contributed by atoms with Gasteiger partial charge in [0, 0.05) is 5.56 Å². The lowest BCUT2D eigenvalue weighted by Gasteiger charge is -2.14. The summed E-state index contributed by atoms with van der Waals surface area (Å²) in [6.07, 6.45) is 0. The van der Waals surface area contributed by atoms with Crippen LogP contribution in [0.15, 0.2) is 39.5 Å². The lowest BCUT2D eigenvalue weighted by molar-refractivity contribution is 0.554. The molecule has 1 aromatic heterocycles. The van der Waals surface area contributed by atoms with Crippen LogP contribution in [0.3, 0.4) is 0 Å². The molecule has 21 heavy (non-hydrogen) atoms. The SMILES string of the molecule is NC(c1ccc2[nH]c(=O)oc2c1)c1cc(F)c(Cl)cc1F. The lowest BCUT2D eigenvalue weighted by Crippen LogP contribution is -2.14. The second-order valence-electron chi connectivity index (χ2n) is 4.54. The van der Waals surface area contributed by atoms with Crippen LogP contribution in [0.2, 0.25) is 5.02 Å². The summed E-state index contributed by atoms with van der Waals surface area (Å²) in [7, 11) is 0. The molecule has 3 rings (SSSR count). The Labute approximate surface area is 122 Å². The molecule has 0 bridgehead atoms. The van der Waals surface area contributed by atoms with E-state index in [2.05, 4.69) is 4.98 Å². The van der Waals surface area contributed by atoms with Crippen LogP contribution >= 0.6 is 11.6 Å². The van der Waals surface area contributed by atoms with Gasteiger partial charge in [-0.25, -0.2) is 13.6 Å². The number of H-pyrrole nitrogens is 1. The first kappa shape index (κ1) is 13.8. The summed E-state index contributed by atoms with van der Waals surface area (Å²) in [5, 5.41) is -0.310. The molecule has 2 aromatic carbocycles. The second kappa shape index (κ2) is 4.98. The fraction of sp³-hybridized carbons (Fsp3) is 0.0714. The third-order valence-corrected chi connectivity index (χ3v) is 3.47. The summed E-state index contributed by atoms with van der Waals surface area (Å²) >= 11 is 5.51. The maximum absolute atomic E-state index is 13.9. The highest BCUT2D eigenvalue weighted by atomic mass is 35.5. The number of halogens is 3. The topological polar surface area (TPSA) is 72.0 Å². The van der Waals surface area contributed by atoms with Gasteiger partial charge in [-0.15, -0.1) is 0 Å². The average molecular weight is 311 g/mol. The van der Waals surface area contributed by atoms with Gasteiger partial charge < -0.3 is 10.2 Å². The van der Waals surface area contributed by atoms with Gasteiger partial charge in [-0.2, -0.15) is 0 Å². The molecule has 1 unspecified atom stereocenters. The van der Waals surface area contributed by atoms with E-state index >= 15 is 0 Å². The number of nitrogens with one attached hydrogen (secondary N) is 1. The van der Waals surface area contributed by atoms with E-state index in [0.717, 1.165) is 12.1 Å². The first-order valence-electron chi connectivity index (χ1n) is 5.98. The number of aromatic amines is 1. The Morgan fingerprint density at radius 2 is 1.95 bits per heavy atom. The minimum Gasteiger partial charge on any atom is -0.408 e. The maximum atomic E-state index is 13.9. The van der Waals surface area contributed by atoms with Gasteiger partial charge in [-0.1, -0.05) is 17.7 Å². The van der Waals surface area contributed by atoms with Gasteiger partial charge in [-0.05, 0) is 29.8 Å². The van der Waals surface area contributed by atoms with Crippen molar-refractivity contribution >= 4 is 22.7 Å². The lowest BCUT2D eigenvalue weighted by atomic mass is 9.98. The molecule has 4 nitrogen and oxygen atoms in total. The molecule has 0 aliphatic heterocycles. The second-order valence-corrected chi connectivity index (χ2v) is 4.94. The number of rotatable bonds is 2. The Morgan fingerprint density at radius 1 is 1.19 bits per heavy atom. The van der Waals surface area contributed by atoms with Crippen LogP contribution in [0.4, 0.5) is 8.78 Å². The zero-order valence-electron chi connectivity index (χ0n) is 10.5. The Hall–Kier alpha value is -2.18. The van der Waals surface area contributed by atoms with E-state index in [0.29, 0.717) is 16.7 Å². The molecule has 0 saturated heterocycles. The van der Waals surface area contributed by atoms with E-state index < -0.39 is 23.4 Å². The van der Waals surface area contributed by atoms with Crippen molar-refractivity contribution in [1.82, 2.24) is 4.98 Å². The van der Waals surface area contributed by atoms with Crippen LogP contribution < -0.4 is 11.5 Å². The Bertz CT molecular complexity index is 888. The maximum Gasteiger partial charge on any atom is 0.417 e. The molecule has 0 aliphatic rings. The summed E-state index contributed by atoms with van der Waals surface area (Å²) < 4.78 is 32.3. The highest BCUT2D eigenvalue weighted by Crippen LogP contribution is 2.28. The third kappa shape index (κ3) is 2.43. The van der Waals surface area contributed by atoms with Crippen LogP contribution in [-0.4, -0.2) is 4.98 Å². The van der Waals surface area contributed by atoms with Crippen molar-refractivity contribution in [3.05, 3.63) is 68.7 Å². The quantitative estimate of drug-likeness (QED) is 0.714. The summed E-state index contributed by atoms with van der Waals surface area (Å²) in [5.41, 5.74) is 7.19. The van der Waals surface area contributed by atoms with Gasteiger partial charge in [0.2, 0.25) is 0 Å². The average Bonchev–Trinajstić information content (AvgIpc) is 2.81. The van der Waals surface area contributed by atoms with E-state index in [-0.39, 0.29) is 10.6 Å². The van der Waals surface area contributed by atoms with E-state index in [9.17, 15) is 13.6 Å². The minimum atomic E-state index is -0.915. The zero-order chi connectivity index (χ0) is 15.1. The van der Waals surface area contributed by atoms with Gasteiger partial charge in [-0.3, -0.25) is 4.98 Å². The normalized spacial score (nSPS) is 12.8. The number of aromatic nitrogens is 1. The van der Waals surface area contributed by atoms with E-state index in [1.54, 1.807) is 12.1 Å². The monoisotopic (exact) mass is 310 g/mol. The summed E-state index contributed by atoms with van der Waals surface area (Å²) in [6, 6.07) is 5.61. The number of hydrogen-bond donors (Lipinski definition) is 2. The predicted octanol–water partition coefficient (Wildman–Crippen LogP) is 3.10. The fourth-order valence-electron chi connectivity index (χ4n) is 2.11. The van der Waals surface area contributed by atoms with Gasteiger partial charge in [0.15, 0.2) is 5.58 Å². The largest absolute Gasteiger partial charge is 0.417 e. The number of nitrogens with two attached hydrogens (primary N) is 1. The molecular formula is C14H9ClF2N2O2. The Morgan fingerprint density at radius 3 is 2.71 bits per heavy atom. The molecule has 0 amide bonds. The third-order valence-electron chi connectivity index (χ3n) is 3.18. The van der Waals surface area contributed by atoms with Crippen molar-refractivity contribution in [2.24, 2.45) is 5.73 Å². The molecule has 3 N–H and O–H groups in total.